The molecule has 0 aliphatic rings. The Balaban J connectivity index is 1.97. The van der Waals surface area contributed by atoms with Gasteiger partial charge in [0.15, 0.2) is 5.82 Å². The summed E-state index contributed by atoms with van der Waals surface area (Å²) in [7, 11) is 0. The smallest absolute Gasteiger partial charge is 0.156 e. The molecular weight excluding hydrogens is 248 g/mol. The van der Waals surface area contributed by atoms with E-state index in [9.17, 15) is 0 Å². The zero-order valence-corrected chi connectivity index (χ0v) is 10.1. The van der Waals surface area contributed by atoms with E-state index in [0.29, 0.717) is 5.02 Å². The fourth-order valence-electron chi connectivity index (χ4n) is 1.65. The number of hydrogen-bond donors (Lipinski definition) is 0. The second kappa shape index (κ2) is 4.58. The first kappa shape index (κ1) is 10.9. The summed E-state index contributed by atoms with van der Waals surface area (Å²) in [6, 6.07) is 11.3. The SMILES string of the molecule is Clc1ccc(-c2ccn(-c3ccncn3)n2)cc1. The van der Waals surface area contributed by atoms with E-state index in [1.54, 1.807) is 16.9 Å². The maximum absolute atomic E-state index is 5.86. The van der Waals surface area contributed by atoms with Gasteiger partial charge in [-0.3, -0.25) is 0 Å². The largest absolute Gasteiger partial charge is 0.245 e. The van der Waals surface area contributed by atoms with Crippen LogP contribution in [0.15, 0.2) is 55.1 Å². The molecule has 4 nitrogen and oxygen atoms in total. The molecule has 0 unspecified atom stereocenters. The number of benzene rings is 1. The van der Waals surface area contributed by atoms with Crippen LogP contribution in [0.3, 0.4) is 0 Å². The zero-order chi connectivity index (χ0) is 12.4. The standard InChI is InChI=1S/C13H9ClN4/c14-11-3-1-10(2-4-11)12-6-8-18(17-12)13-5-7-15-9-16-13/h1-9H. The summed E-state index contributed by atoms with van der Waals surface area (Å²) in [5.74, 6) is 0.741. The summed E-state index contributed by atoms with van der Waals surface area (Å²) in [6.45, 7) is 0. The van der Waals surface area contributed by atoms with Crippen molar-refractivity contribution in [2.75, 3.05) is 0 Å². The van der Waals surface area contributed by atoms with Gasteiger partial charge in [-0.15, -0.1) is 0 Å². The van der Waals surface area contributed by atoms with Crippen molar-refractivity contribution in [3.8, 4) is 17.1 Å². The van der Waals surface area contributed by atoms with Crippen LogP contribution in [0.5, 0.6) is 0 Å². The van der Waals surface area contributed by atoms with E-state index in [1.165, 1.54) is 6.33 Å². The summed E-state index contributed by atoms with van der Waals surface area (Å²) in [6.07, 6.45) is 5.05. The van der Waals surface area contributed by atoms with Gasteiger partial charge in [0, 0.05) is 29.0 Å². The van der Waals surface area contributed by atoms with E-state index in [0.717, 1.165) is 17.1 Å². The molecule has 0 aliphatic carbocycles. The van der Waals surface area contributed by atoms with Crippen molar-refractivity contribution < 1.29 is 0 Å². The Labute approximate surface area is 109 Å². The summed E-state index contributed by atoms with van der Waals surface area (Å²) < 4.78 is 1.71. The monoisotopic (exact) mass is 256 g/mol. The van der Waals surface area contributed by atoms with Crippen molar-refractivity contribution >= 4 is 11.6 Å². The maximum Gasteiger partial charge on any atom is 0.156 e. The highest BCUT2D eigenvalue weighted by molar-refractivity contribution is 6.30. The first-order chi connectivity index (χ1) is 8.83. The lowest BCUT2D eigenvalue weighted by Crippen LogP contribution is -1.97. The second-order valence-corrected chi connectivity index (χ2v) is 4.16. The molecule has 3 rings (SSSR count). The highest BCUT2D eigenvalue weighted by Gasteiger charge is 2.04. The highest BCUT2D eigenvalue weighted by atomic mass is 35.5. The van der Waals surface area contributed by atoms with Crippen LogP contribution in [-0.2, 0) is 0 Å². The number of rotatable bonds is 2. The van der Waals surface area contributed by atoms with Gasteiger partial charge in [-0.05, 0) is 18.2 Å². The first-order valence-electron chi connectivity index (χ1n) is 5.41. The minimum absolute atomic E-state index is 0.717. The summed E-state index contributed by atoms with van der Waals surface area (Å²) in [5, 5.41) is 5.18. The normalized spacial score (nSPS) is 10.5. The fourth-order valence-corrected chi connectivity index (χ4v) is 1.77. The van der Waals surface area contributed by atoms with E-state index in [1.807, 2.05) is 36.5 Å². The molecule has 0 amide bonds. The molecule has 5 heteroatoms. The van der Waals surface area contributed by atoms with Gasteiger partial charge in [-0.1, -0.05) is 23.7 Å². The molecule has 0 radical (unpaired) electrons. The summed E-state index contributed by atoms with van der Waals surface area (Å²) >= 11 is 5.86. The Hall–Kier alpha value is -2.20. The molecule has 0 spiro atoms. The second-order valence-electron chi connectivity index (χ2n) is 3.72. The van der Waals surface area contributed by atoms with Crippen molar-refractivity contribution in [1.82, 2.24) is 19.7 Å². The number of hydrogen-bond acceptors (Lipinski definition) is 3. The van der Waals surface area contributed by atoms with Crippen molar-refractivity contribution in [1.29, 1.82) is 0 Å². The van der Waals surface area contributed by atoms with E-state index in [-0.39, 0.29) is 0 Å². The Morgan fingerprint density at radius 3 is 2.56 bits per heavy atom. The van der Waals surface area contributed by atoms with Crippen LogP contribution in [0, 0.1) is 0 Å². The molecular formula is C13H9ClN4. The molecule has 1 aromatic carbocycles. The third kappa shape index (κ3) is 2.10. The van der Waals surface area contributed by atoms with Crippen LogP contribution in [0.4, 0.5) is 0 Å². The lowest BCUT2D eigenvalue weighted by Gasteiger charge is -1.99. The van der Waals surface area contributed by atoms with Crippen molar-refractivity contribution in [2.45, 2.75) is 0 Å². The average Bonchev–Trinajstić information content (AvgIpc) is 2.90. The third-order valence-electron chi connectivity index (χ3n) is 2.53. The maximum atomic E-state index is 5.86. The molecule has 18 heavy (non-hydrogen) atoms. The minimum atomic E-state index is 0.717. The van der Waals surface area contributed by atoms with Crippen LogP contribution < -0.4 is 0 Å². The van der Waals surface area contributed by atoms with Gasteiger partial charge in [0.25, 0.3) is 0 Å². The van der Waals surface area contributed by atoms with Crippen LogP contribution in [0.2, 0.25) is 5.02 Å². The van der Waals surface area contributed by atoms with Gasteiger partial charge in [0.1, 0.15) is 6.33 Å². The van der Waals surface area contributed by atoms with Gasteiger partial charge < -0.3 is 0 Å². The third-order valence-corrected chi connectivity index (χ3v) is 2.78. The van der Waals surface area contributed by atoms with Gasteiger partial charge >= 0.3 is 0 Å². The zero-order valence-electron chi connectivity index (χ0n) is 9.36. The van der Waals surface area contributed by atoms with E-state index < -0.39 is 0 Å². The summed E-state index contributed by atoms with van der Waals surface area (Å²) in [5.41, 5.74) is 1.90. The van der Waals surface area contributed by atoms with Gasteiger partial charge in [-0.2, -0.15) is 5.10 Å². The first-order valence-corrected chi connectivity index (χ1v) is 5.79. The Kier molecular flexibility index (Phi) is 2.78. The van der Waals surface area contributed by atoms with Crippen LogP contribution in [0.1, 0.15) is 0 Å². The number of nitrogens with zero attached hydrogens (tertiary/aromatic N) is 4. The highest BCUT2D eigenvalue weighted by Crippen LogP contribution is 2.20. The van der Waals surface area contributed by atoms with E-state index >= 15 is 0 Å². The van der Waals surface area contributed by atoms with Gasteiger partial charge in [-0.25, -0.2) is 14.6 Å². The van der Waals surface area contributed by atoms with Crippen molar-refractivity contribution in [3.05, 3.63) is 60.1 Å². The predicted molar refractivity (Wildman–Crippen MR) is 69.6 cm³/mol. The van der Waals surface area contributed by atoms with Crippen LogP contribution in [0.25, 0.3) is 17.1 Å². The topological polar surface area (TPSA) is 43.6 Å². The molecule has 2 heterocycles. The van der Waals surface area contributed by atoms with Crippen molar-refractivity contribution in [2.24, 2.45) is 0 Å². The molecule has 88 valence electrons. The lowest BCUT2D eigenvalue weighted by molar-refractivity contribution is 0.842. The molecule has 0 saturated heterocycles. The van der Waals surface area contributed by atoms with Crippen LogP contribution >= 0.6 is 11.6 Å². The van der Waals surface area contributed by atoms with Gasteiger partial charge in [0.05, 0.1) is 5.69 Å². The van der Waals surface area contributed by atoms with Gasteiger partial charge in [0.2, 0.25) is 0 Å². The van der Waals surface area contributed by atoms with E-state index in [4.69, 9.17) is 11.6 Å². The Morgan fingerprint density at radius 2 is 1.83 bits per heavy atom. The molecule has 0 atom stereocenters. The fraction of sp³-hybridized carbons (Fsp3) is 0. The summed E-state index contributed by atoms with van der Waals surface area (Å²) in [4.78, 5) is 8.02. The quantitative estimate of drug-likeness (QED) is 0.708. The molecule has 0 saturated carbocycles. The number of aromatic nitrogens is 4. The van der Waals surface area contributed by atoms with Crippen LogP contribution in [-0.4, -0.2) is 19.7 Å². The number of halogens is 1. The molecule has 0 bridgehead atoms. The molecule has 2 aromatic heterocycles. The molecule has 0 aliphatic heterocycles. The van der Waals surface area contributed by atoms with E-state index in [2.05, 4.69) is 15.1 Å². The average molecular weight is 257 g/mol. The Morgan fingerprint density at radius 1 is 1.00 bits per heavy atom. The predicted octanol–water partition coefficient (Wildman–Crippen LogP) is 2.98. The van der Waals surface area contributed by atoms with Crippen molar-refractivity contribution in [3.63, 3.8) is 0 Å². The molecule has 0 fully saturated rings. The molecule has 0 N–H and O–H groups in total. The molecule has 3 aromatic rings. The Bertz CT molecular complexity index is 646. The minimum Gasteiger partial charge on any atom is -0.245 e. The lowest BCUT2D eigenvalue weighted by atomic mass is 10.2.